The van der Waals surface area contributed by atoms with Gasteiger partial charge < -0.3 is 11.1 Å². The maximum absolute atomic E-state index is 13.7. The molecule has 10 heteroatoms. The van der Waals surface area contributed by atoms with Crippen LogP contribution >= 0.6 is 11.6 Å². The van der Waals surface area contributed by atoms with Crippen LogP contribution in [0.1, 0.15) is 20.8 Å². The zero-order chi connectivity index (χ0) is 27.1. The Balaban J connectivity index is 1.64. The summed E-state index contributed by atoms with van der Waals surface area (Å²) in [7, 11) is 0. The number of anilines is 1. The third-order valence-electron chi connectivity index (χ3n) is 6.33. The first kappa shape index (κ1) is 24.2. The molecule has 0 aliphatic carbocycles. The summed E-state index contributed by atoms with van der Waals surface area (Å²) in [4.78, 5) is 33.7. The number of carbonyl (C=O) groups is 2. The van der Waals surface area contributed by atoms with Crippen molar-refractivity contribution in [1.29, 1.82) is 0 Å². The Hall–Kier alpha value is -5.15. The molecule has 2 amide bonds. The van der Waals surface area contributed by atoms with E-state index in [-0.39, 0.29) is 16.3 Å². The Morgan fingerprint density at radius 3 is 2.41 bits per heavy atom. The normalized spacial score (nSPS) is 11.1. The molecular formula is C29H18ClFN6O2. The molecule has 3 heterocycles. The molecule has 3 N–H and O–H groups in total. The minimum atomic E-state index is -0.714. The molecule has 0 aliphatic heterocycles. The lowest BCUT2D eigenvalue weighted by Gasteiger charge is -2.13. The zero-order valence-corrected chi connectivity index (χ0v) is 20.9. The average Bonchev–Trinajstić information content (AvgIpc) is 3.34. The second-order valence-electron chi connectivity index (χ2n) is 8.73. The van der Waals surface area contributed by atoms with Gasteiger partial charge >= 0.3 is 0 Å². The van der Waals surface area contributed by atoms with Gasteiger partial charge in [0.2, 0.25) is 0 Å². The molecule has 0 atom stereocenters. The highest BCUT2D eigenvalue weighted by atomic mass is 35.5. The molecule has 39 heavy (non-hydrogen) atoms. The predicted molar refractivity (Wildman–Crippen MR) is 147 cm³/mol. The van der Waals surface area contributed by atoms with Crippen molar-refractivity contribution in [3.63, 3.8) is 0 Å². The summed E-state index contributed by atoms with van der Waals surface area (Å²) < 4.78 is 15.3. The number of nitrogens with zero attached hydrogens (tertiary/aromatic N) is 4. The molecule has 6 aromatic rings. The minimum absolute atomic E-state index is 0.0550. The molecule has 8 nitrogen and oxygen atoms in total. The van der Waals surface area contributed by atoms with Crippen molar-refractivity contribution >= 4 is 50.8 Å². The summed E-state index contributed by atoms with van der Waals surface area (Å²) >= 11 is 6.17. The smallest absolute Gasteiger partial charge is 0.269 e. The van der Waals surface area contributed by atoms with Gasteiger partial charge in [0.05, 0.1) is 21.8 Å². The Kier molecular flexibility index (Phi) is 5.97. The van der Waals surface area contributed by atoms with Crippen LogP contribution in [0, 0.1) is 5.82 Å². The first-order chi connectivity index (χ1) is 18.9. The lowest BCUT2D eigenvalue weighted by atomic mass is 9.95. The molecule has 0 saturated heterocycles. The van der Waals surface area contributed by atoms with E-state index in [9.17, 15) is 14.0 Å². The van der Waals surface area contributed by atoms with Crippen molar-refractivity contribution in [3.05, 3.63) is 114 Å². The summed E-state index contributed by atoms with van der Waals surface area (Å²) in [5.41, 5.74) is 9.25. The monoisotopic (exact) mass is 536 g/mol. The Morgan fingerprint density at radius 2 is 1.69 bits per heavy atom. The Morgan fingerprint density at radius 1 is 0.897 bits per heavy atom. The van der Waals surface area contributed by atoms with E-state index in [1.807, 2.05) is 24.3 Å². The number of hydrogen-bond acceptors (Lipinski definition) is 5. The molecule has 6 rings (SSSR count). The zero-order valence-electron chi connectivity index (χ0n) is 20.1. The van der Waals surface area contributed by atoms with Crippen LogP contribution in [-0.2, 0) is 0 Å². The molecule has 190 valence electrons. The van der Waals surface area contributed by atoms with Crippen LogP contribution in [0.3, 0.4) is 0 Å². The number of pyridine rings is 2. The quantitative estimate of drug-likeness (QED) is 0.290. The van der Waals surface area contributed by atoms with Crippen LogP contribution in [0.4, 0.5) is 10.1 Å². The number of aromatic nitrogens is 4. The molecule has 0 aliphatic rings. The van der Waals surface area contributed by atoms with Crippen LogP contribution in [0.15, 0.2) is 91.5 Å². The Labute approximate surface area is 225 Å². The first-order valence-corrected chi connectivity index (χ1v) is 12.1. The lowest BCUT2D eigenvalue weighted by molar-refractivity contribution is 0.0994. The van der Waals surface area contributed by atoms with Crippen molar-refractivity contribution in [2.24, 2.45) is 5.73 Å². The van der Waals surface area contributed by atoms with Gasteiger partial charge in [0.25, 0.3) is 11.8 Å². The van der Waals surface area contributed by atoms with Crippen LogP contribution in [0.25, 0.3) is 38.5 Å². The highest BCUT2D eigenvalue weighted by molar-refractivity contribution is 6.34. The summed E-state index contributed by atoms with van der Waals surface area (Å²) in [5, 5.41) is 9.60. The molecule has 0 radical (unpaired) electrons. The predicted octanol–water partition coefficient (Wildman–Crippen LogP) is 5.78. The number of nitrogens with two attached hydrogens (primary N) is 1. The number of primary amides is 1. The highest BCUT2D eigenvalue weighted by Crippen LogP contribution is 2.38. The minimum Gasteiger partial charge on any atom is -0.364 e. The molecule has 3 aromatic carbocycles. The maximum atomic E-state index is 13.7. The first-order valence-electron chi connectivity index (χ1n) is 11.8. The van der Waals surface area contributed by atoms with Crippen molar-refractivity contribution in [2.75, 3.05) is 5.32 Å². The van der Waals surface area contributed by atoms with Crippen molar-refractivity contribution in [3.8, 4) is 16.8 Å². The van der Waals surface area contributed by atoms with Gasteiger partial charge in [-0.15, -0.1) is 0 Å². The summed E-state index contributed by atoms with van der Waals surface area (Å²) in [6, 6.07) is 18.3. The summed E-state index contributed by atoms with van der Waals surface area (Å²) in [6.07, 6.45) is 6.27. The van der Waals surface area contributed by atoms with Crippen molar-refractivity contribution in [1.82, 2.24) is 19.7 Å². The largest absolute Gasteiger partial charge is 0.364 e. The van der Waals surface area contributed by atoms with E-state index in [1.165, 1.54) is 30.6 Å². The van der Waals surface area contributed by atoms with E-state index < -0.39 is 17.6 Å². The van der Waals surface area contributed by atoms with Gasteiger partial charge in [-0.1, -0.05) is 23.7 Å². The van der Waals surface area contributed by atoms with E-state index >= 15 is 0 Å². The van der Waals surface area contributed by atoms with Gasteiger partial charge in [0.15, 0.2) is 5.69 Å². The molecule has 0 bridgehead atoms. The number of rotatable bonds is 5. The standard InChI is InChI=1S/C29H18ClFN6O2/c30-25-15-34-11-9-21(25)29(39)35-18-5-8-20-22(16-2-1-10-33-14-16)13-24-26(28(32)38)36-37(27(24)23(20)12-18)19-6-3-17(31)4-7-19/h1-15H,(H2,32,38)(H,35,39). The highest BCUT2D eigenvalue weighted by Gasteiger charge is 2.22. The number of carbonyl (C=O) groups excluding carboxylic acids is 2. The van der Waals surface area contributed by atoms with Gasteiger partial charge in [0, 0.05) is 46.8 Å². The number of hydrogen-bond donors (Lipinski definition) is 2. The number of benzene rings is 3. The third kappa shape index (κ3) is 4.34. The number of nitrogens with one attached hydrogen (secondary N) is 1. The third-order valence-corrected chi connectivity index (χ3v) is 6.63. The number of fused-ring (bicyclic) bond motifs is 3. The van der Waals surface area contributed by atoms with Crippen LogP contribution in [0.2, 0.25) is 5.02 Å². The molecule has 0 fully saturated rings. The van der Waals surface area contributed by atoms with Gasteiger partial charge in [-0.25, -0.2) is 9.07 Å². The van der Waals surface area contributed by atoms with Crippen molar-refractivity contribution in [2.45, 2.75) is 0 Å². The van der Waals surface area contributed by atoms with Gasteiger partial charge in [-0.05, 0) is 65.5 Å². The molecule has 0 spiro atoms. The molecule has 0 unspecified atom stereocenters. The van der Waals surface area contributed by atoms with E-state index in [1.54, 1.807) is 41.3 Å². The van der Waals surface area contributed by atoms with E-state index in [2.05, 4.69) is 20.4 Å². The molecule has 3 aromatic heterocycles. The van der Waals surface area contributed by atoms with E-state index in [0.717, 1.165) is 16.5 Å². The van der Waals surface area contributed by atoms with Crippen LogP contribution in [-0.4, -0.2) is 31.6 Å². The van der Waals surface area contributed by atoms with Crippen LogP contribution < -0.4 is 11.1 Å². The fraction of sp³-hybridized carbons (Fsp3) is 0. The van der Waals surface area contributed by atoms with Gasteiger partial charge in [0.1, 0.15) is 5.82 Å². The fourth-order valence-electron chi connectivity index (χ4n) is 4.57. The number of amides is 2. The Bertz CT molecular complexity index is 1910. The van der Waals surface area contributed by atoms with Gasteiger partial charge in [-0.3, -0.25) is 19.6 Å². The van der Waals surface area contributed by atoms with Crippen molar-refractivity contribution < 1.29 is 14.0 Å². The second-order valence-corrected chi connectivity index (χ2v) is 9.14. The number of halogens is 2. The average molecular weight is 537 g/mol. The van der Waals surface area contributed by atoms with E-state index in [0.29, 0.717) is 27.7 Å². The SMILES string of the molecule is NC(=O)c1nn(-c2ccc(F)cc2)c2c1cc(-c1cccnc1)c1ccc(NC(=O)c3ccncc3Cl)cc12. The lowest BCUT2D eigenvalue weighted by Crippen LogP contribution is -2.12. The summed E-state index contributed by atoms with van der Waals surface area (Å²) in [6.45, 7) is 0. The topological polar surface area (TPSA) is 116 Å². The molecule has 0 saturated carbocycles. The van der Waals surface area contributed by atoms with Gasteiger partial charge in [-0.2, -0.15) is 5.10 Å². The maximum Gasteiger partial charge on any atom is 0.269 e. The van der Waals surface area contributed by atoms with Crippen LogP contribution in [0.5, 0.6) is 0 Å². The second kappa shape index (κ2) is 9.62. The summed E-state index contributed by atoms with van der Waals surface area (Å²) in [5.74, 6) is -1.53. The fourth-order valence-corrected chi connectivity index (χ4v) is 4.78. The molecular weight excluding hydrogens is 519 g/mol. The van der Waals surface area contributed by atoms with E-state index in [4.69, 9.17) is 17.3 Å².